The lowest BCUT2D eigenvalue weighted by Crippen LogP contribution is -2.36. The minimum absolute atomic E-state index is 0.122. The number of esters is 1. The van der Waals surface area contributed by atoms with E-state index >= 15 is 0 Å². The number of carbonyl (C=O) groups excluding carboxylic acids is 2. The average molecular weight is 304 g/mol. The highest BCUT2D eigenvalue weighted by atomic mass is 35.5. The zero-order valence-electron chi connectivity index (χ0n) is 10.7. The molecular weight excluding hydrogens is 289 g/mol. The van der Waals surface area contributed by atoms with Crippen LogP contribution in [0.15, 0.2) is 18.2 Å². The Morgan fingerprint density at radius 1 is 1.37 bits per heavy atom. The van der Waals surface area contributed by atoms with Crippen molar-refractivity contribution in [3.63, 3.8) is 0 Å². The summed E-state index contributed by atoms with van der Waals surface area (Å²) in [6, 6.07) is 4.35. The summed E-state index contributed by atoms with van der Waals surface area (Å²) in [5, 5.41) is 3.47. The van der Waals surface area contributed by atoms with Gasteiger partial charge in [-0.05, 0) is 24.6 Å². The normalized spacial score (nSPS) is 11.8. The molecule has 0 radical (unpaired) electrons. The zero-order valence-corrected chi connectivity index (χ0v) is 12.2. The van der Waals surface area contributed by atoms with E-state index in [0.29, 0.717) is 16.5 Å². The number of methoxy groups -OCH3 is 1. The number of hydrogen-bond acceptors (Lipinski definition) is 3. The molecule has 0 saturated carbocycles. The smallest absolute Gasteiger partial charge is 0.307 e. The average Bonchev–Trinajstić information content (AvgIpc) is 2.40. The molecule has 0 spiro atoms. The van der Waals surface area contributed by atoms with Crippen molar-refractivity contribution in [3.8, 4) is 0 Å². The molecular formula is C13H15Cl2NO3. The Morgan fingerprint density at radius 3 is 2.63 bits per heavy atom. The second-order valence-electron chi connectivity index (χ2n) is 3.98. The Labute approximate surface area is 122 Å². The molecule has 19 heavy (non-hydrogen) atoms. The van der Waals surface area contributed by atoms with Crippen molar-refractivity contribution in [2.75, 3.05) is 7.11 Å². The molecule has 1 rings (SSSR count). The molecule has 0 heterocycles. The van der Waals surface area contributed by atoms with E-state index in [4.69, 9.17) is 23.2 Å². The van der Waals surface area contributed by atoms with Crippen LogP contribution in [0.25, 0.3) is 0 Å². The highest BCUT2D eigenvalue weighted by molar-refractivity contribution is 6.35. The van der Waals surface area contributed by atoms with Gasteiger partial charge in [0.1, 0.15) is 0 Å². The van der Waals surface area contributed by atoms with Crippen molar-refractivity contribution in [2.24, 2.45) is 0 Å². The topological polar surface area (TPSA) is 55.4 Å². The number of rotatable bonds is 5. The highest BCUT2D eigenvalue weighted by Gasteiger charge is 2.18. The van der Waals surface area contributed by atoms with Crippen molar-refractivity contribution in [3.05, 3.63) is 33.8 Å². The third kappa shape index (κ3) is 4.73. The van der Waals surface area contributed by atoms with Crippen LogP contribution in [0.1, 0.15) is 30.1 Å². The number of hydrogen-bond donors (Lipinski definition) is 1. The van der Waals surface area contributed by atoms with E-state index < -0.39 is 0 Å². The molecule has 0 aromatic heterocycles. The minimum Gasteiger partial charge on any atom is -0.469 e. The Kier molecular flexibility index (Phi) is 6.12. The first-order valence-corrected chi connectivity index (χ1v) is 6.56. The Balaban J connectivity index is 2.77. The SMILES string of the molecule is CCC(CC(=O)OC)NC(=O)c1cc(Cl)ccc1Cl. The molecule has 1 amide bonds. The van der Waals surface area contributed by atoms with E-state index in [-0.39, 0.29) is 29.9 Å². The van der Waals surface area contributed by atoms with Crippen molar-refractivity contribution >= 4 is 35.1 Å². The molecule has 6 heteroatoms. The molecule has 4 nitrogen and oxygen atoms in total. The molecule has 1 unspecified atom stereocenters. The van der Waals surface area contributed by atoms with Gasteiger partial charge in [0.2, 0.25) is 0 Å². The highest BCUT2D eigenvalue weighted by Crippen LogP contribution is 2.20. The maximum Gasteiger partial charge on any atom is 0.307 e. The summed E-state index contributed by atoms with van der Waals surface area (Å²) in [4.78, 5) is 23.3. The van der Waals surface area contributed by atoms with Crippen LogP contribution < -0.4 is 5.32 Å². The number of nitrogens with one attached hydrogen (secondary N) is 1. The maximum absolute atomic E-state index is 12.1. The fourth-order valence-electron chi connectivity index (χ4n) is 1.52. The van der Waals surface area contributed by atoms with E-state index in [1.165, 1.54) is 13.2 Å². The van der Waals surface area contributed by atoms with Gasteiger partial charge in [-0.2, -0.15) is 0 Å². The Morgan fingerprint density at radius 2 is 2.05 bits per heavy atom. The molecule has 0 bridgehead atoms. The van der Waals surface area contributed by atoms with Gasteiger partial charge in [0.25, 0.3) is 5.91 Å². The third-order valence-corrected chi connectivity index (χ3v) is 3.21. The second kappa shape index (κ2) is 7.36. The van der Waals surface area contributed by atoms with Crippen LogP contribution in [0.3, 0.4) is 0 Å². The first kappa shape index (κ1) is 15.8. The molecule has 104 valence electrons. The van der Waals surface area contributed by atoms with Gasteiger partial charge in [-0.1, -0.05) is 30.1 Å². The number of amides is 1. The molecule has 0 fully saturated rings. The minimum atomic E-state index is -0.371. The standard InChI is InChI=1S/C13H15Cl2NO3/c1-3-9(7-12(17)19-2)16-13(18)10-6-8(14)4-5-11(10)15/h4-6,9H,3,7H2,1-2H3,(H,16,18). The molecule has 0 aliphatic rings. The summed E-state index contributed by atoms with van der Waals surface area (Å²) in [5.74, 6) is -0.729. The monoisotopic (exact) mass is 303 g/mol. The summed E-state index contributed by atoms with van der Waals surface area (Å²) >= 11 is 11.8. The van der Waals surface area contributed by atoms with E-state index in [0.717, 1.165) is 0 Å². The van der Waals surface area contributed by atoms with E-state index in [1.807, 2.05) is 6.92 Å². The van der Waals surface area contributed by atoms with Gasteiger partial charge in [0, 0.05) is 11.1 Å². The van der Waals surface area contributed by atoms with Crippen molar-refractivity contribution in [2.45, 2.75) is 25.8 Å². The predicted molar refractivity (Wildman–Crippen MR) is 74.6 cm³/mol. The first-order chi connectivity index (χ1) is 8.97. The van der Waals surface area contributed by atoms with Crippen molar-refractivity contribution in [1.29, 1.82) is 0 Å². The summed E-state index contributed by atoms with van der Waals surface area (Å²) in [7, 11) is 1.31. The van der Waals surface area contributed by atoms with Crippen LogP contribution in [-0.4, -0.2) is 25.0 Å². The largest absolute Gasteiger partial charge is 0.469 e. The van der Waals surface area contributed by atoms with Gasteiger partial charge < -0.3 is 10.1 Å². The molecule has 0 aliphatic heterocycles. The van der Waals surface area contributed by atoms with Crippen LogP contribution in [0.4, 0.5) is 0 Å². The van der Waals surface area contributed by atoms with Crippen molar-refractivity contribution < 1.29 is 14.3 Å². The number of halogens is 2. The van der Waals surface area contributed by atoms with Crippen LogP contribution in [0.5, 0.6) is 0 Å². The fraction of sp³-hybridized carbons (Fsp3) is 0.385. The molecule has 1 aromatic rings. The molecule has 1 N–H and O–H groups in total. The Hall–Kier alpha value is -1.26. The van der Waals surface area contributed by atoms with Crippen LogP contribution in [0, 0.1) is 0 Å². The predicted octanol–water partition coefficient (Wildman–Crippen LogP) is 3.06. The van der Waals surface area contributed by atoms with E-state index in [2.05, 4.69) is 10.1 Å². The summed E-state index contributed by atoms with van der Waals surface area (Å²) in [5.41, 5.74) is 0.289. The quantitative estimate of drug-likeness (QED) is 0.851. The van der Waals surface area contributed by atoms with Gasteiger partial charge in [-0.15, -0.1) is 0 Å². The van der Waals surface area contributed by atoms with Gasteiger partial charge in [-0.25, -0.2) is 0 Å². The lowest BCUT2D eigenvalue weighted by molar-refractivity contribution is -0.141. The van der Waals surface area contributed by atoms with Crippen molar-refractivity contribution in [1.82, 2.24) is 5.32 Å². The first-order valence-electron chi connectivity index (χ1n) is 5.80. The van der Waals surface area contributed by atoms with E-state index in [9.17, 15) is 9.59 Å². The van der Waals surface area contributed by atoms with Gasteiger partial charge in [0.15, 0.2) is 0 Å². The van der Waals surface area contributed by atoms with Crippen LogP contribution >= 0.6 is 23.2 Å². The lowest BCUT2D eigenvalue weighted by Gasteiger charge is -2.16. The second-order valence-corrected chi connectivity index (χ2v) is 4.83. The molecule has 1 aromatic carbocycles. The van der Waals surface area contributed by atoms with Crippen LogP contribution in [0.2, 0.25) is 10.0 Å². The number of ether oxygens (including phenoxy) is 1. The Bertz CT molecular complexity index is 477. The van der Waals surface area contributed by atoms with Gasteiger partial charge in [-0.3, -0.25) is 9.59 Å². The maximum atomic E-state index is 12.1. The fourth-order valence-corrected chi connectivity index (χ4v) is 1.89. The third-order valence-electron chi connectivity index (χ3n) is 2.64. The molecule has 0 aliphatic carbocycles. The molecule has 0 saturated heterocycles. The van der Waals surface area contributed by atoms with Crippen LogP contribution in [-0.2, 0) is 9.53 Å². The van der Waals surface area contributed by atoms with E-state index in [1.54, 1.807) is 12.1 Å². The summed E-state index contributed by atoms with van der Waals surface area (Å²) in [6.07, 6.45) is 0.732. The summed E-state index contributed by atoms with van der Waals surface area (Å²) in [6.45, 7) is 1.87. The summed E-state index contributed by atoms with van der Waals surface area (Å²) < 4.78 is 4.58. The lowest BCUT2D eigenvalue weighted by atomic mass is 10.1. The molecule has 1 atom stereocenters. The van der Waals surface area contributed by atoms with Gasteiger partial charge in [0.05, 0.1) is 24.1 Å². The number of carbonyl (C=O) groups is 2. The van der Waals surface area contributed by atoms with Gasteiger partial charge >= 0.3 is 5.97 Å². The number of benzene rings is 1. The zero-order chi connectivity index (χ0) is 14.4.